The van der Waals surface area contributed by atoms with Gasteiger partial charge in [-0.3, -0.25) is 9.78 Å². The van der Waals surface area contributed by atoms with Crippen LogP contribution in [0.2, 0.25) is 0 Å². The fourth-order valence-corrected chi connectivity index (χ4v) is 3.27. The first-order valence-corrected chi connectivity index (χ1v) is 8.13. The van der Waals surface area contributed by atoms with Crippen molar-refractivity contribution >= 4 is 15.9 Å². The maximum Gasteiger partial charge on any atom is 0.249 e. The van der Waals surface area contributed by atoms with Crippen LogP contribution in [-0.4, -0.2) is 19.3 Å². The van der Waals surface area contributed by atoms with E-state index in [1.807, 2.05) is 0 Å². The highest BCUT2D eigenvalue weighted by atomic mass is 32.2. The van der Waals surface area contributed by atoms with Gasteiger partial charge in [0.25, 0.3) is 0 Å². The number of hydrogen-bond acceptors (Lipinski definition) is 4. The lowest BCUT2D eigenvalue weighted by Crippen LogP contribution is -2.28. The number of rotatable bonds is 5. The van der Waals surface area contributed by atoms with Gasteiger partial charge in [-0.2, -0.15) is 0 Å². The summed E-state index contributed by atoms with van der Waals surface area (Å²) in [5.74, 6) is -0.660. The Bertz CT molecular complexity index is 789. The predicted molar refractivity (Wildman–Crippen MR) is 82.7 cm³/mol. The second-order valence-electron chi connectivity index (χ2n) is 4.94. The number of nitrogens with zero attached hydrogens (tertiary/aromatic N) is 1. The van der Waals surface area contributed by atoms with Crippen molar-refractivity contribution in [3.63, 3.8) is 0 Å². The molecule has 0 unspecified atom stereocenters. The summed E-state index contributed by atoms with van der Waals surface area (Å²) in [5.41, 5.74) is 6.68. The standard InChI is InChI=1S/C15H17N3O3S/c1-10-6-7-12(9-13(10)15(16)19)22(20,21)18-11(2)14-5-3-4-8-17-14/h3-9,11,18H,1-2H3,(H2,16,19)/t11-/m0/s1. The SMILES string of the molecule is Cc1ccc(S(=O)(=O)N[C@@H](C)c2ccccn2)cc1C(N)=O. The topological polar surface area (TPSA) is 102 Å². The molecular weight excluding hydrogens is 302 g/mol. The van der Waals surface area contributed by atoms with Crippen molar-refractivity contribution in [3.8, 4) is 0 Å². The summed E-state index contributed by atoms with van der Waals surface area (Å²) in [6, 6.07) is 9.05. The molecule has 7 heteroatoms. The second-order valence-corrected chi connectivity index (χ2v) is 6.65. The molecule has 22 heavy (non-hydrogen) atoms. The zero-order valence-electron chi connectivity index (χ0n) is 12.3. The monoisotopic (exact) mass is 319 g/mol. The first kappa shape index (κ1) is 16.1. The minimum atomic E-state index is -3.78. The number of nitrogens with one attached hydrogen (secondary N) is 1. The van der Waals surface area contributed by atoms with Gasteiger partial charge in [0.15, 0.2) is 0 Å². The molecule has 0 saturated carbocycles. The molecule has 0 aliphatic rings. The molecule has 1 aromatic carbocycles. The van der Waals surface area contributed by atoms with Crippen molar-refractivity contribution in [2.24, 2.45) is 5.73 Å². The quantitative estimate of drug-likeness (QED) is 0.872. The van der Waals surface area contributed by atoms with Crippen molar-refractivity contribution in [3.05, 3.63) is 59.4 Å². The van der Waals surface area contributed by atoms with Crippen molar-refractivity contribution in [1.29, 1.82) is 0 Å². The van der Waals surface area contributed by atoms with Crippen LogP contribution >= 0.6 is 0 Å². The minimum absolute atomic E-state index is 0.00492. The van der Waals surface area contributed by atoms with Gasteiger partial charge in [-0.15, -0.1) is 0 Å². The van der Waals surface area contributed by atoms with Crippen LogP contribution in [-0.2, 0) is 10.0 Å². The fraction of sp³-hybridized carbons (Fsp3) is 0.200. The first-order chi connectivity index (χ1) is 10.3. The molecule has 6 nitrogen and oxygen atoms in total. The van der Waals surface area contributed by atoms with E-state index in [4.69, 9.17) is 5.73 Å². The van der Waals surface area contributed by atoms with Crippen LogP contribution < -0.4 is 10.5 Å². The van der Waals surface area contributed by atoms with Crippen LogP contribution in [0.4, 0.5) is 0 Å². The lowest BCUT2D eigenvalue weighted by Gasteiger charge is -2.14. The zero-order valence-corrected chi connectivity index (χ0v) is 13.1. The summed E-state index contributed by atoms with van der Waals surface area (Å²) in [6.45, 7) is 3.39. The Morgan fingerprint density at radius 2 is 2.00 bits per heavy atom. The number of carbonyl (C=O) groups excluding carboxylic acids is 1. The number of hydrogen-bond donors (Lipinski definition) is 2. The predicted octanol–water partition coefficient (Wildman–Crippen LogP) is 1.53. The van der Waals surface area contributed by atoms with E-state index in [1.165, 1.54) is 12.1 Å². The molecule has 0 bridgehead atoms. The van der Waals surface area contributed by atoms with Crippen molar-refractivity contribution in [2.75, 3.05) is 0 Å². The Labute approximate surface area is 129 Å². The third-order valence-electron chi connectivity index (χ3n) is 3.25. The van der Waals surface area contributed by atoms with E-state index in [2.05, 4.69) is 9.71 Å². The van der Waals surface area contributed by atoms with Crippen molar-refractivity contribution < 1.29 is 13.2 Å². The normalized spacial score (nSPS) is 12.8. The van der Waals surface area contributed by atoms with E-state index in [-0.39, 0.29) is 10.5 Å². The number of aromatic nitrogens is 1. The molecular formula is C15H17N3O3S. The number of amides is 1. The maximum atomic E-state index is 12.4. The highest BCUT2D eigenvalue weighted by Gasteiger charge is 2.20. The zero-order chi connectivity index (χ0) is 16.3. The fourth-order valence-electron chi connectivity index (χ4n) is 2.03. The lowest BCUT2D eigenvalue weighted by molar-refractivity contribution is 0.0999. The van der Waals surface area contributed by atoms with Gasteiger partial charge in [-0.05, 0) is 43.7 Å². The van der Waals surface area contributed by atoms with E-state index in [1.54, 1.807) is 44.3 Å². The molecule has 1 heterocycles. The van der Waals surface area contributed by atoms with Crippen LogP contribution in [0.3, 0.4) is 0 Å². The van der Waals surface area contributed by atoms with E-state index < -0.39 is 22.0 Å². The van der Waals surface area contributed by atoms with Gasteiger partial charge >= 0.3 is 0 Å². The third kappa shape index (κ3) is 3.49. The number of carbonyl (C=O) groups is 1. The summed E-state index contributed by atoms with van der Waals surface area (Å²) in [6.07, 6.45) is 1.59. The van der Waals surface area contributed by atoms with Crippen LogP contribution in [0.5, 0.6) is 0 Å². The molecule has 3 N–H and O–H groups in total. The van der Waals surface area contributed by atoms with Crippen LogP contribution in [0, 0.1) is 6.92 Å². The van der Waals surface area contributed by atoms with Crippen LogP contribution in [0.1, 0.15) is 34.6 Å². The van der Waals surface area contributed by atoms with Crippen LogP contribution in [0.25, 0.3) is 0 Å². The summed E-state index contributed by atoms with van der Waals surface area (Å²) in [7, 11) is -3.78. The molecule has 0 saturated heterocycles. The van der Waals surface area contributed by atoms with E-state index >= 15 is 0 Å². The Hall–Kier alpha value is -2.25. The molecule has 1 atom stereocenters. The highest BCUT2D eigenvalue weighted by molar-refractivity contribution is 7.89. The summed E-state index contributed by atoms with van der Waals surface area (Å²) < 4.78 is 27.4. The van der Waals surface area contributed by atoms with Crippen LogP contribution in [0.15, 0.2) is 47.5 Å². The van der Waals surface area contributed by atoms with E-state index in [9.17, 15) is 13.2 Å². The number of benzene rings is 1. The van der Waals surface area contributed by atoms with E-state index in [0.717, 1.165) is 0 Å². The van der Waals surface area contributed by atoms with E-state index in [0.29, 0.717) is 11.3 Å². The maximum absolute atomic E-state index is 12.4. The molecule has 0 fully saturated rings. The van der Waals surface area contributed by atoms with Crippen molar-refractivity contribution in [1.82, 2.24) is 9.71 Å². The van der Waals surface area contributed by atoms with Gasteiger partial charge in [-0.25, -0.2) is 13.1 Å². The molecule has 0 aliphatic heterocycles. The van der Waals surface area contributed by atoms with Gasteiger partial charge in [0.1, 0.15) is 0 Å². The Morgan fingerprint density at radius 1 is 1.27 bits per heavy atom. The second kappa shape index (κ2) is 6.25. The average molecular weight is 319 g/mol. The van der Waals surface area contributed by atoms with Gasteiger partial charge in [0.05, 0.1) is 16.6 Å². The molecule has 1 aromatic heterocycles. The van der Waals surface area contributed by atoms with Crippen molar-refractivity contribution in [2.45, 2.75) is 24.8 Å². The Balaban J connectivity index is 2.31. The molecule has 1 amide bonds. The largest absolute Gasteiger partial charge is 0.366 e. The first-order valence-electron chi connectivity index (χ1n) is 6.65. The number of nitrogens with two attached hydrogens (primary N) is 1. The van der Waals surface area contributed by atoms with Gasteiger partial charge in [0, 0.05) is 11.8 Å². The van der Waals surface area contributed by atoms with Gasteiger partial charge < -0.3 is 5.73 Å². The molecule has 0 aliphatic carbocycles. The number of aryl methyl sites for hydroxylation is 1. The molecule has 0 radical (unpaired) electrons. The number of pyridine rings is 1. The van der Waals surface area contributed by atoms with Gasteiger partial charge in [-0.1, -0.05) is 12.1 Å². The Kier molecular flexibility index (Phi) is 4.58. The molecule has 116 valence electrons. The molecule has 2 rings (SSSR count). The summed E-state index contributed by atoms with van der Waals surface area (Å²) >= 11 is 0. The summed E-state index contributed by atoms with van der Waals surface area (Å²) in [5, 5.41) is 0. The number of primary amides is 1. The number of sulfonamides is 1. The summed E-state index contributed by atoms with van der Waals surface area (Å²) in [4.78, 5) is 15.5. The smallest absolute Gasteiger partial charge is 0.249 e. The average Bonchev–Trinajstić information content (AvgIpc) is 2.47. The Morgan fingerprint density at radius 3 is 2.59 bits per heavy atom. The lowest BCUT2D eigenvalue weighted by atomic mass is 10.1. The molecule has 2 aromatic rings. The minimum Gasteiger partial charge on any atom is -0.366 e. The molecule has 0 spiro atoms. The van der Waals surface area contributed by atoms with Gasteiger partial charge in [0.2, 0.25) is 15.9 Å². The highest BCUT2D eigenvalue weighted by Crippen LogP contribution is 2.18. The third-order valence-corrected chi connectivity index (χ3v) is 4.79.